The van der Waals surface area contributed by atoms with Crippen LogP contribution >= 0.6 is 43.5 Å². The van der Waals surface area contributed by atoms with Gasteiger partial charge >= 0.3 is 0 Å². The Morgan fingerprint density at radius 2 is 2.16 bits per heavy atom. The number of aryl methyl sites for hydroxylation is 2. The summed E-state index contributed by atoms with van der Waals surface area (Å²) in [7, 11) is 1.82. The molecule has 0 saturated carbocycles. The first-order chi connectivity index (χ1) is 9.02. The molecule has 0 bridgehead atoms. The van der Waals surface area contributed by atoms with Crippen molar-refractivity contribution in [2.24, 2.45) is 7.05 Å². The number of aromatic nitrogens is 2. The maximum atomic E-state index is 6.18. The van der Waals surface area contributed by atoms with Gasteiger partial charge in [0.15, 0.2) is 0 Å². The van der Waals surface area contributed by atoms with Crippen molar-refractivity contribution in [2.45, 2.75) is 18.9 Å². The third kappa shape index (κ3) is 3.33. The molecule has 3 nitrogen and oxygen atoms in total. The second-order valence-electron chi connectivity index (χ2n) is 4.15. The van der Waals surface area contributed by atoms with Crippen molar-refractivity contribution in [1.29, 1.82) is 0 Å². The van der Waals surface area contributed by atoms with Gasteiger partial charge in [-0.3, -0.25) is 4.68 Å². The van der Waals surface area contributed by atoms with Crippen molar-refractivity contribution in [3.63, 3.8) is 0 Å². The summed E-state index contributed by atoms with van der Waals surface area (Å²) in [6.07, 6.45) is 0. The van der Waals surface area contributed by atoms with Gasteiger partial charge in [0.25, 0.3) is 0 Å². The number of rotatable bonds is 4. The molecular weight excluding hydrogens is 395 g/mol. The molecule has 1 aromatic carbocycles. The molecule has 0 aliphatic heterocycles. The van der Waals surface area contributed by atoms with Gasteiger partial charge in [0.1, 0.15) is 17.5 Å². The van der Waals surface area contributed by atoms with Crippen molar-refractivity contribution < 1.29 is 4.74 Å². The molecular formula is C13H13Br2ClN2O. The Balaban J connectivity index is 2.19. The van der Waals surface area contributed by atoms with Crippen LogP contribution in [0.3, 0.4) is 0 Å². The Labute approximate surface area is 134 Å². The van der Waals surface area contributed by atoms with Gasteiger partial charge in [-0.1, -0.05) is 43.5 Å². The molecule has 1 heterocycles. The molecule has 6 heteroatoms. The standard InChI is InChI=1S/C13H13Br2ClN2O/c1-8-11(13(16)18(2)17-8)7-19-12-4-3-10(15)5-9(12)6-14/h3-5H,6-7H2,1-2H3. The first-order valence-electron chi connectivity index (χ1n) is 5.68. The molecule has 0 fully saturated rings. The molecule has 0 radical (unpaired) electrons. The summed E-state index contributed by atoms with van der Waals surface area (Å²) in [5.74, 6) is 0.847. The molecule has 0 saturated heterocycles. The molecule has 0 unspecified atom stereocenters. The lowest BCUT2D eigenvalue weighted by molar-refractivity contribution is 0.303. The maximum Gasteiger partial charge on any atom is 0.133 e. The Morgan fingerprint density at radius 1 is 1.42 bits per heavy atom. The number of alkyl halides is 1. The van der Waals surface area contributed by atoms with Crippen LogP contribution in [0.1, 0.15) is 16.8 Å². The van der Waals surface area contributed by atoms with Gasteiger partial charge in [-0.05, 0) is 25.1 Å². The van der Waals surface area contributed by atoms with E-state index in [1.807, 2.05) is 32.2 Å². The van der Waals surface area contributed by atoms with Crippen molar-refractivity contribution >= 4 is 43.5 Å². The smallest absolute Gasteiger partial charge is 0.133 e. The molecule has 19 heavy (non-hydrogen) atoms. The van der Waals surface area contributed by atoms with E-state index in [0.717, 1.165) is 32.4 Å². The third-order valence-electron chi connectivity index (χ3n) is 2.81. The van der Waals surface area contributed by atoms with E-state index in [0.29, 0.717) is 11.8 Å². The molecule has 0 aliphatic rings. The number of hydrogen-bond acceptors (Lipinski definition) is 2. The topological polar surface area (TPSA) is 27.1 Å². The van der Waals surface area contributed by atoms with Crippen molar-refractivity contribution in [1.82, 2.24) is 9.78 Å². The summed E-state index contributed by atoms with van der Waals surface area (Å²) in [4.78, 5) is 0. The van der Waals surface area contributed by atoms with Gasteiger partial charge in [-0.15, -0.1) is 0 Å². The van der Waals surface area contributed by atoms with Crippen LogP contribution in [0.5, 0.6) is 5.75 Å². The summed E-state index contributed by atoms with van der Waals surface area (Å²) in [6.45, 7) is 2.34. The van der Waals surface area contributed by atoms with Gasteiger partial charge in [-0.25, -0.2) is 0 Å². The van der Waals surface area contributed by atoms with Crippen LogP contribution in [0.15, 0.2) is 22.7 Å². The number of halogens is 3. The summed E-state index contributed by atoms with van der Waals surface area (Å²) < 4.78 is 8.54. The quantitative estimate of drug-likeness (QED) is 0.691. The predicted molar refractivity (Wildman–Crippen MR) is 84.1 cm³/mol. The van der Waals surface area contributed by atoms with E-state index in [-0.39, 0.29) is 0 Å². The highest BCUT2D eigenvalue weighted by molar-refractivity contribution is 9.10. The summed E-state index contributed by atoms with van der Waals surface area (Å²) in [5, 5.41) is 5.63. The van der Waals surface area contributed by atoms with E-state index in [2.05, 4.69) is 37.0 Å². The molecule has 2 aromatic rings. The van der Waals surface area contributed by atoms with Crippen LogP contribution < -0.4 is 4.74 Å². The number of hydrogen-bond donors (Lipinski definition) is 0. The Hall–Kier alpha value is -0.520. The third-order valence-corrected chi connectivity index (χ3v) is 4.38. The zero-order chi connectivity index (χ0) is 14.0. The molecule has 0 amide bonds. The van der Waals surface area contributed by atoms with Crippen LogP contribution in [-0.2, 0) is 19.0 Å². The molecule has 0 spiro atoms. The van der Waals surface area contributed by atoms with Crippen LogP contribution in [-0.4, -0.2) is 9.78 Å². The number of nitrogens with zero attached hydrogens (tertiary/aromatic N) is 2. The minimum atomic E-state index is 0.417. The molecule has 0 aliphatic carbocycles. The Bertz CT molecular complexity index is 599. The lowest BCUT2D eigenvalue weighted by atomic mass is 10.2. The highest BCUT2D eigenvalue weighted by Crippen LogP contribution is 2.27. The molecule has 2 rings (SSSR count). The summed E-state index contributed by atoms with van der Waals surface area (Å²) in [5.41, 5.74) is 2.91. The largest absolute Gasteiger partial charge is 0.488 e. The zero-order valence-corrected chi connectivity index (χ0v) is 14.5. The molecule has 1 aromatic heterocycles. The fraction of sp³-hybridized carbons (Fsp3) is 0.308. The van der Waals surface area contributed by atoms with E-state index in [1.54, 1.807) is 4.68 Å². The van der Waals surface area contributed by atoms with Crippen molar-refractivity contribution in [3.05, 3.63) is 44.6 Å². The number of benzene rings is 1. The van der Waals surface area contributed by atoms with Gasteiger partial charge < -0.3 is 4.74 Å². The van der Waals surface area contributed by atoms with E-state index in [4.69, 9.17) is 16.3 Å². The highest BCUT2D eigenvalue weighted by Gasteiger charge is 2.12. The van der Waals surface area contributed by atoms with Crippen LogP contribution in [0.4, 0.5) is 0 Å². The number of ether oxygens (including phenoxy) is 1. The molecule has 102 valence electrons. The summed E-state index contributed by atoms with van der Waals surface area (Å²) >= 11 is 13.1. The van der Waals surface area contributed by atoms with Crippen LogP contribution in [0.25, 0.3) is 0 Å². The average Bonchev–Trinajstić information content (AvgIpc) is 2.62. The minimum Gasteiger partial charge on any atom is -0.488 e. The normalized spacial score (nSPS) is 10.8. The van der Waals surface area contributed by atoms with Crippen molar-refractivity contribution in [3.8, 4) is 5.75 Å². The van der Waals surface area contributed by atoms with Gasteiger partial charge in [0.05, 0.1) is 5.69 Å². The fourth-order valence-corrected chi connectivity index (χ4v) is 2.86. The maximum absolute atomic E-state index is 6.18. The second-order valence-corrected chi connectivity index (χ2v) is 5.99. The van der Waals surface area contributed by atoms with Crippen LogP contribution in [0.2, 0.25) is 5.15 Å². The lowest BCUT2D eigenvalue weighted by Crippen LogP contribution is -1.99. The van der Waals surface area contributed by atoms with Gasteiger partial charge in [0.2, 0.25) is 0 Å². The van der Waals surface area contributed by atoms with E-state index in [1.165, 1.54) is 0 Å². The van der Waals surface area contributed by atoms with Gasteiger partial charge in [-0.2, -0.15) is 5.10 Å². The Morgan fingerprint density at radius 3 is 2.74 bits per heavy atom. The molecule has 0 atom stereocenters. The fourth-order valence-electron chi connectivity index (χ4n) is 1.78. The first-order valence-corrected chi connectivity index (χ1v) is 7.97. The highest BCUT2D eigenvalue weighted by atomic mass is 79.9. The van der Waals surface area contributed by atoms with E-state index < -0.39 is 0 Å². The Kier molecular flexibility index (Phi) is 4.92. The monoisotopic (exact) mass is 406 g/mol. The first kappa shape index (κ1) is 14.9. The second kappa shape index (κ2) is 6.29. The van der Waals surface area contributed by atoms with Crippen molar-refractivity contribution in [2.75, 3.05) is 0 Å². The molecule has 0 N–H and O–H groups in total. The summed E-state index contributed by atoms with van der Waals surface area (Å²) in [6, 6.07) is 5.93. The zero-order valence-electron chi connectivity index (χ0n) is 10.6. The SMILES string of the molecule is Cc1nn(C)c(Cl)c1COc1ccc(Br)cc1CBr. The average molecular weight is 409 g/mol. The van der Waals surface area contributed by atoms with E-state index >= 15 is 0 Å². The van der Waals surface area contributed by atoms with Gasteiger partial charge in [0, 0.05) is 28.0 Å². The minimum absolute atomic E-state index is 0.417. The predicted octanol–water partition coefficient (Wildman–Crippen LogP) is 4.62. The van der Waals surface area contributed by atoms with Crippen LogP contribution in [0, 0.1) is 6.92 Å². The van der Waals surface area contributed by atoms with E-state index in [9.17, 15) is 0 Å². The lowest BCUT2D eigenvalue weighted by Gasteiger charge is -2.10.